The summed E-state index contributed by atoms with van der Waals surface area (Å²) in [6, 6.07) is 9.44. The predicted octanol–water partition coefficient (Wildman–Crippen LogP) is 4.16. The molecule has 2 aromatic rings. The molecule has 1 amide bonds. The molecule has 3 rings (SSSR count). The number of halogens is 1. The topological polar surface area (TPSA) is 67.3 Å². The Labute approximate surface area is 152 Å². The quantitative estimate of drug-likeness (QED) is 0.869. The Kier molecular flexibility index (Phi) is 5.06. The first-order valence-electron chi connectivity index (χ1n) is 8.72. The number of carbonyl (C=O) groups is 1. The van der Waals surface area contributed by atoms with Crippen LogP contribution in [0.2, 0.25) is 0 Å². The van der Waals surface area contributed by atoms with E-state index < -0.39 is 11.9 Å². The summed E-state index contributed by atoms with van der Waals surface area (Å²) in [5, 5.41) is 3.15. The standard InChI is InChI=1S/C19H23FN4O2/c1-11(2)16-13(4)26-19(25)24(16)17-15(20)10-21-18(23-17)22-12(3)14-8-6-5-7-9-14/h5-13,16H,1-4H3,(H,21,22,23)/t12-,13?,16-/m0/s1. The summed E-state index contributed by atoms with van der Waals surface area (Å²) < 4.78 is 19.7. The number of hydrogen-bond donors (Lipinski definition) is 1. The van der Waals surface area contributed by atoms with Gasteiger partial charge in [0, 0.05) is 0 Å². The molecule has 0 bridgehead atoms. The number of nitrogens with zero attached hydrogens (tertiary/aromatic N) is 3. The minimum Gasteiger partial charge on any atom is -0.444 e. The second-order valence-corrected chi connectivity index (χ2v) is 6.84. The minimum atomic E-state index is -0.653. The Balaban J connectivity index is 1.89. The van der Waals surface area contributed by atoms with E-state index in [2.05, 4.69) is 15.3 Å². The van der Waals surface area contributed by atoms with Gasteiger partial charge >= 0.3 is 6.09 Å². The maximum atomic E-state index is 14.4. The maximum absolute atomic E-state index is 14.4. The lowest BCUT2D eigenvalue weighted by molar-refractivity contribution is 0.136. The molecule has 0 saturated carbocycles. The van der Waals surface area contributed by atoms with Crippen molar-refractivity contribution in [1.82, 2.24) is 9.97 Å². The third-order valence-electron chi connectivity index (χ3n) is 4.54. The van der Waals surface area contributed by atoms with Gasteiger partial charge in [-0.3, -0.25) is 4.90 Å². The van der Waals surface area contributed by atoms with Crippen LogP contribution >= 0.6 is 0 Å². The molecule has 138 valence electrons. The number of aromatic nitrogens is 2. The molecule has 1 aliphatic rings. The monoisotopic (exact) mass is 358 g/mol. The van der Waals surface area contributed by atoms with Crippen LogP contribution in [0.15, 0.2) is 36.5 Å². The molecule has 1 aromatic carbocycles. The third kappa shape index (κ3) is 3.47. The van der Waals surface area contributed by atoms with E-state index in [-0.39, 0.29) is 35.9 Å². The number of carbonyl (C=O) groups excluding carboxylic acids is 1. The smallest absolute Gasteiger partial charge is 0.416 e. The molecule has 1 saturated heterocycles. The highest BCUT2D eigenvalue weighted by Crippen LogP contribution is 2.32. The fourth-order valence-corrected chi connectivity index (χ4v) is 3.30. The summed E-state index contributed by atoms with van der Waals surface area (Å²) in [6.07, 6.45) is 0.156. The van der Waals surface area contributed by atoms with E-state index in [1.807, 2.05) is 51.1 Å². The summed E-state index contributed by atoms with van der Waals surface area (Å²) in [5.41, 5.74) is 1.05. The Hall–Kier alpha value is -2.70. The molecule has 1 aliphatic heterocycles. The van der Waals surface area contributed by atoms with E-state index in [1.165, 1.54) is 4.90 Å². The Morgan fingerprint density at radius 3 is 2.58 bits per heavy atom. The van der Waals surface area contributed by atoms with Gasteiger partial charge in [-0.05, 0) is 25.3 Å². The highest BCUT2D eigenvalue weighted by atomic mass is 19.1. The van der Waals surface area contributed by atoms with Gasteiger partial charge in [0.05, 0.1) is 18.3 Å². The molecule has 0 aliphatic carbocycles. The number of amides is 1. The molecular weight excluding hydrogens is 335 g/mol. The van der Waals surface area contributed by atoms with Crippen LogP contribution in [0.3, 0.4) is 0 Å². The molecular formula is C19H23FN4O2. The van der Waals surface area contributed by atoms with Crippen LogP contribution in [0, 0.1) is 11.7 Å². The van der Waals surface area contributed by atoms with Gasteiger partial charge in [-0.2, -0.15) is 4.98 Å². The fourth-order valence-electron chi connectivity index (χ4n) is 3.30. The summed E-state index contributed by atoms with van der Waals surface area (Å²) in [4.78, 5) is 21.8. The van der Waals surface area contributed by atoms with Crippen molar-refractivity contribution in [3.8, 4) is 0 Å². The molecule has 0 radical (unpaired) electrons. The molecule has 0 spiro atoms. The zero-order valence-electron chi connectivity index (χ0n) is 15.3. The van der Waals surface area contributed by atoms with Crippen LogP contribution in [0.25, 0.3) is 0 Å². The number of nitrogens with one attached hydrogen (secondary N) is 1. The molecule has 26 heavy (non-hydrogen) atoms. The van der Waals surface area contributed by atoms with Crippen LogP contribution in [-0.4, -0.2) is 28.2 Å². The van der Waals surface area contributed by atoms with E-state index in [1.54, 1.807) is 6.92 Å². The van der Waals surface area contributed by atoms with Crippen LogP contribution < -0.4 is 10.2 Å². The highest BCUT2D eigenvalue weighted by molar-refractivity contribution is 5.89. The summed E-state index contributed by atoms with van der Waals surface area (Å²) in [7, 11) is 0. The average molecular weight is 358 g/mol. The van der Waals surface area contributed by atoms with Crippen LogP contribution in [-0.2, 0) is 4.74 Å². The lowest BCUT2D eigenvalue weighted by Gasteiger charge is -2.26. The normalized spacial score (nSPS) is 21.0. The molecule has 3 atom stereocenters. The minimum absolute atomic E-state index is 0.0594. The molecule has 1 fully saturated rings. The second-order valence-electron chi connectivity index (χ2n) is 6.84. The van der Waals surface area contributed by atoms with Crippen molar-refractivity contribution >= 4 is 17.9 Å². The van der Waals surface area contributed by atoms with Gasteiger partial charge in [-0.1, -0.05) is 44.2 Å². The maximum Gasteiger partial charge on any atom is 0.416 e. The van der Waals surface area contributed by atoms with Crippen molar-refractivity contribution in [3.63, 3.8) is 0 Å². The van der Waals surface area contributed by atoms with Crippen LogP contribution in [0.1, 0.15) is 39.3 Å². The van der Waals surface area contributed by atoms with Gasteiger partial charge in [0.2, 0.25) is 5.95 Å². The Bertz CT molecular complexity index is 784. The van der Waals surface area contributed by atoms with Gasteiger partial charge in [-0.15, -0.1) is 0 Å². The second kappa shape index (κ2) is 7.27. The molecule has 7 heteroatoms. The number of rotatable bonds is 5. The van der Waals surface area contributed by atoms with E-state index in [0.717, 1.165) is 11.8 Å². The number of benzene rings is 1. The first-order chi connectivity index (χ1) is 12.4. The Morgan fingerprint density at radius 2 is 1.92 bits per heavy atom. The predicted molar refractivity (Wildman–Crippen MR) is 97.5 cm³/mol. The van der Waals surface area contributed by atoms with Gasteiger partial charge in [0.1, 0.15) is 6.10 Å². The van der Waals surface area contributed by atoms with Crippen LogP contribution in [0.4, 0.5) is 21.0 Å². The van der Waals surface area contributed by atoms with Crippen molar-refractivity contribution < 1.29 is 13.9 Å². The van der Waals surface area contributed by atoms with Gasteiger partial charge in [0.25, 0.3) is 0 Å². The fraction of sp³-hybridized carbons (Fsp3) is 0.421. The summed E-state index contributed by atoms with van der Waals surface area (Å²) in [6.45, 7) is 7.70. The summed E-state index contributed by atoms with van der Waals surface area (Å²) in [5.74, 6) is -0.367. The summed E-state index contributed by atoms with van der Waals surface area (Å²) >= 11 is 0. The van der Waals surface area contributed by atoms with Crippen molar-refractivity contribution in [1.29, 1.82) is 0 Å². The first-order valence-corrected chi connectivity index (χ1v) is 8.72. The average Bonchev–Trinajstić information content (AvgIpc) is 2.91. The number of cyclic esters (lactones) is 1. The number of ether oxygens (including phenoxy) is 1. The van der Waals surface area contributed by atoms with Gasteiger partial charge in [-0.25, -0.2) is 14.2 Å². The molecule has 1 N–H and O–H groups in total. The number of hydrogen-bond acceptors (Lipinski definition) is 5. The largest absolute Gasteiger partial charge is 0.444 e. The zero-order valence-corrected chi connectivity index (χ0v) is 15.3. The van der Waals surface area contributed by atoms with Crippen LogP contribution in [0.5, 0.6) is 0 Å². The van der Waals surface area contributed by atoms with E-state index in [9.17, 15) is 9.18 Å². The van der Waals surface area contributed by atoms with Gasteiger partial charge in [0.15, 0.2) is 11.6 Å². The van der Waals surface area contributed by atoms with E-state index in [0.29, 0.717) is 0 Å². The lowest BCUT2D eigenvalue weighted by atomic mass is 9.99. The van der Waals surface area contributed by atoms with Crippen molar-refractivity contribution in [2.24, 2.45) is 5.92 Å². The molecule has 6 nitrogen and oxygen atoms in total. The van der Waals surface area contributed by atoms with E-state index in [4.69, 9.17) is 4.74 Å². The zero-order chi connectivity index (χ0) is 18.8. The Morgan fingerprint density at radius 1 is 1.23 bits per heavy atom. The van der Waals surface area contributed by atoms with Crippen molar-refractivity contribution in [2.45, 2.75) is 45.9 Å². The third-order valence-corrected chi connectivity index (χ3v) is 4.54. The molecule has 1 aromatic heterocycles. The SMILES string of the molecule is CC(C)[C@H]1C(C)OC(=O)N1c1nc(N[C@@H](C)c2ccccc2)ncc1F. The van der Waals surface area contributed by atoms with Crippen molar-refractivity contribution in [3.05, 3.63) is 47.9 Å². The molecule has 2 heterocycles. The van der Waals surface area contributed by atoms with E-state index >= 15 is 0 Å². The number of anilines is 2. The first kappa shape index (κ1) is 18.1. The molecule has 1 unspecified atom stereocenters. The lowest BCUT2D eigenvalue weighted by Crippen LogP contribution is -2.41. The van der Waals surface area contributed by atoms with Gasteiger partial charge < -0.3 is 10.1 Å². The van der Waals surface area contributed by atoms with Crippen molar-refractivity contribution in [2.75, 3.05) is 10.2 Å². The highest BCUT2D eigenvalue weighted by Gasteiger charge is 2.43.